The van der Waals surface area contributed by atoms with Crippen molar-refractivity contribution in [2.75, 3.05) is 13.1 Å². The molecule has 0 fully saturated rings. The smallest absolute Gasteiger partial charge is 0.124 e. The van der Waals surface area contributed by atoms with Gasteiger partial charge in [-0.1, -0.05) is 31.5 Å². The van der Waals surface area contributed by atoms with Crippen LogP contribution in [0.15, 0.2) is 12.1 Å². The maximum absolute atomic E-state index is 10.1. The van der Waals surface area contributed by atoms with Crippen molar-refractivity contribution in [3.05, 3.63) is 28.8 Å². The normalized spacial score (nSPS) is 10.7. The zero-order chi connectivity index (χ0) is 12.0. The first-order valence-electron chi connectivity index (χ1n) is 5.91. The van der Waals surface area contributed by atoms with Crippen LogP contribution in [0.4, 0.5) is 0 Å². The Kier molecular flexibility index (Phi) is 5.29. The lowest BCUT2D eigenvalue weighted by atomic mass is 10.0. The van der Waals surface area contributed by atoms with E-state index in [0.717, 1.165) is 37.3 Å². The van der Waals surface area contributed by atoms with E-state index in [1.54, 1.807) is 0 Å². The summed E-state index contributed by atoms with van der Waals surface area (Å²) in [7, 11) is 0. The van der Waals surface area contributed by atoms with Crippen LogP contribution in [0.2, 0.25) is 0 Å². The highest BCUT2D eigenvalue weighted by Crippen LogP contribution is 2.24. The molecule has 0 aliphatic rings. The van der Waals surface area contributed by atoms with E-state index >= 15 is 0 Å². The fourth-order valence-corrected chi connectivity index (χ4v) is 1.72. The van der Waals surface area contributed by atoms with E-state index in [0.29, 0.717) is 5.75 Å². The number of aryl methyl sites for hydroxylation is 1. The zero-order valence-electron chi connectivity index (χ0n) is 10.4. The molecule has 0 bridgehead atoms. The number of rotatable bonds is 6. The second-order valence-electron chi connectivity index (χ2n) is 3.99. The molecule has 3 heteroatoms. The zero-order valence-corrected chi connectivity index (χ0v) is 10.4. The van der Waals surface area contributed by atoms with Gasteiger partial charge in [-0.15, -0.1) is 0 Å². The van der Waals surface area contributed by atoms with Crippen LogP contribution in [0.1, 0.15) is 30.5 Å². The van der Waals surface area contributed by atoms with Gasteiger partial charge in [0.05, 0.1) is 0 Å². The van der Waals surface area contributed by atoms with Gasteiger partial charge in [-0.05, 0) is 20.0 Å². The number of hydrogen-bond donors (Lipinski definition) is 3. The Hall–Kier alpha value is -1.06. The van der Waals surface area contributed by atoms with Crippen molar-refractivity contribution in [1.82, 2.24) is 10.6 Å². The second-order valence-corrected chi connectivity index (χ2v) is 3.99. The monoisotopic (exact) mass is 222 g/mol. The van der Waals surface area contributed by atoms with Crippen LogP contribution < -0.4 is 10.6 Å². The molecule has 1 aromatic rings. The standard InChI is InChI=1S/C13H22N2O/c1-4-14-8-11-6-10(3)7-12(13(11)16)9-15-5-2/h6-7,14-16H,4-5,8-9H2,1-3H3. The summed E-state index contributed by atoms with van der Waals surface area (Å²) in [6.07, 6.45) is 0. The van der Waals surface area contributed by atoms with Crippen molar-refractivity contribution in [3.63, 3.8) is 0 Å². The molecule has 3 N–H and O–H groups in total. The lowest BCUT2D eigenvalue weighted by Gasteiger charge is -2.12. The fraction of sp³-hybridized carbons (Fsp3) is 0.538. The number of phenolic OH excluding ortho intramolecular Hbond substituents is 1. The van der Waals surface area contributed by atoms with Gasteiger partial charge in [-0.2, -0.15) is 0 Å². The summed E-state index contributed by atoms with van der Waals surface area (Å²) in [5, 5.41) is 16.6. The highest BCUT2D eigenvalue weighted by atomic mass is 16.3. The average Bonchev–Trinajstić information content (AvgIpc) is 2.28. The molecule has 0 radical (unpaired) electrons. The first kappa shape index (κ1) is 13.0. The summed E-state index contributed by atoms with van der Waals surface area (Å²) in [4.78, 5) is 0. The molecule has 1 rings (SSSR count). The molecule has 90 valence electrons. The van der Waals surface area contributed by atoms with Gasteiger partial charge in [0.2, 0.25) is 0 Å². The Labute approximate surface area is 97.9 Å². The van der Waals surface area contributed by atoms with Crippen molar-refractivity contribution < 1.29 is 5.11 Å². The van der Waals surface area contributed by atoms with Gasteiger partial charge in [0.1, 0.15) is 5.75 Å². The Morgan fingerprint density at radius 1 is 1.00 bits per heavy atom. The van der Waals surface area contributed by atoms with Crippen LogP contribution >= 0.6 is 0 Å². The third-order valence-electron chi connectivity index (χ3n) is 2.54. The van der Waals surface area contributed by atoms with Gasteiger partial charge < -0.3 is 15.7 Å². The summed E-state index contributed by atoms with van der Waals surface area (Å²) in [5.41, 5.74) is 3.16. The molecule has 0 spiro atoms. The van der Waals surface area contributed by atoms with Crippen molar-refractivity contribution in [1.29, 1.82) is 0 Å². The lowest BCUT2D eigenvalue weighted by Crippen LogP contribution is -2.15. The Morgan fingerprint density at radius 2 is 1.44 bits per heavy atom. The summed E-state index contributed by atoms with van der Waals surface area (Å²) in [6, 6.07) is 4.07. The molecule has 0 heterocycles. The van der Waals surface area contributed by atoms with E-state index in [9.17, 15) is 5.11 Å². The van der Waals surface area contributed by atoms with Crippen molar-refractivity contribution in [3.8, 4) is 5.75 Å². The molecule has 1 aromatic carbocycles. The summed E-state index contributed by atoms with van der Waals surface area (Å²) < 4.78 is 0. The molecule has 0 amide bonds. The first-order chi connectivity index (χ1) is 7.69. The Balaban J connectivity index is 2.86. The van der Waals surface area contributed by atoms with Crippen molar-refractivity contribution in [2.24, 2.45) is 0 Å². The highest BCUT2D eigenvalue weighted by molar-refractivity contribution is 5.43. The molecule has 0 saturated carbocycles. The van der Waals surface area contributed by atoms with Crippen LogP contribution in [-0.2, 0) is 13.1 Å². The van der Waals surface area contributed by atoms with Crippen molar-refractivity contribution in [2.45, 2.75) is 33.9 Å². The molecule has 0 atom stereocenters. The van der Waals surface area contributed by atoms with E-state index in [2.05, 4.69) is 31.4 Å². The third-order valence-corrected chi connectivity index (χ3v) is 2.54. The summed E-state index contributed by atoms with van der Waals surface area (Å²) in [5.74, 6) is 0.424. The Bertz CT molecular complexity index is 308. The number of aromatic hydroxyl groups is 1. The predicted octanol–water partition coefficient (Wildman–Crippen LogP) is 1.92. The molecule has 16 heavy (non-hydrogen) atoms. The van der Waals surface area contributed by atoms with Gasteiger partial charge in [0.15, 0.2) is 0 Å². The minimum absolute atomic E-state index is 0.424. The number of benzene rings is 1. The van der Waals surface area contributed by atoms with E-state index in [1.165, 1.54) is 5.56 Å². The van der Waals surface area contributed by atoms with Gasteiger partial charge in [-0.25, -0.2) is 0 Å². The van der Waals surface area contributed by atoms with Crippen LogP contribution in [0.3, 0.4) is 0 Å². The van der Waals surface area contributed by atoms with Gasteiger partial charge in [0, 0.05) is 24.2 Å². The predicted molar refractivity (Wildman–Crippen MR) is 67.6 cm³/mol. The summed E-state index contributed by atoms with van der Waals surface area (Å²) >= 11 is 0. The third kappa shape index (κ3) is 3.51. The number of nitrogens with one attached hydrogen (secondary N) is 2. The summed E-state index contributed by atoms with van der Waals surface area (Å²) in [6.45, 7) is 9.46. The molecule has 0 aromatic heterocycles. The van der Waals surface area contributed by atoms with E-state index in [-0.39, 0.29) is 0 Å². The Morgan fingerprint density at radius 3 is 1.81 bits per heavy atom. The molecule has 0 aliphatic carbocycles. The molecular formula is C13H22N2O. The van der Waals surface area contributed by atoms with Gasteiger partial charge in [0.25, 0.3) is 0 Å². The molecule has 3 nitrogen and oxygen atoms in total. The highest BCUT2D eigenvalue weighted by Gasteiger charge is 2.07. The maximum atomic E-state index is 10.1. The number of hydrogen-bond acceptors (Lipinski definition) is 3. The molecule has 0 saturated heterocycles. The van der Waals surface area contributed by atoms with Crippen LogP contribution in [0.5, 0.6) is 5.75 Å². The van der Waals surface area contributed by atoms with Gasteiger partial charge >= 0.3 is 0 Å². The average molecular weight is 222 g/mol. The fourth-order valence-electron chi connectivity index (χ4n) is 1.72. The van der Waals surface area contributed by atoms with E-state index in [4.69, 9.17) is 0 Å². The SMILES string of the molecule is CCNCc1cc(C)cc(CNCC)c1O. The second kappa shape index (κ2) is 6.51. The van der Waals surface area contributed by atoms with E-state index < -0.39 is 0 Å². The molecule has 0 unspecified atom stereocenters. The number of phenols is 1. The molecular weight excluding hydrogens is 200 g/mol. The van der Waals surface area contributed by atoms with Crippen LogP contribution in [-0.4, -0.2) is 18.2 Å². The van der Waals surface area contributed by atoms with Gasteiger partial charge in [-0.3, -0.25) is 0 Å². The van der Waals surface area contributed by atoms with Crippen LogP contribution in [0, 0.1) is 6.92 Å². The topological polar surface area (TPSA) is 44.3 Å². The quantitative estimate of drug-likeness (QED) is 0.689. The minimum atomic E-state index is 0.424. The van der Waals surface area contributed by atoms with E-state index in [1.807, 2.05) is 12.1 Å². The lowest BCUT2D eigenvalue weighted by molar-refractivity contribution is 0.455. The van der Waals surface area contributed by atoms with Crippen molar-refractivity contribution >= 4 is 0 Å². The van der Waals surface area contributed by atoms with Crippen LogP contribution in [0.25, 0.3) is 0 Å². The largest absolute Gasteiger partial charge is 0.507 e. The maximum Gasteiger partial charge on any atom is 0.124 e. The minimum Gasteiger partial charge on any atom is -0.507 e. The molecule has 0 aliphatic heterocycles. The first-order valence-corrected chi connectivity index (χ1v) is 5.91.